The topological polar surface area (TPSA) is 77.0 Å². The molecule has 2 aliphatic carbocycles. The highest BCUT2D eigenvalue weighted by atomic mass is 19.1. The molecule has 2 aromatic heterocycles. The maximum absolute atomic E-state index is 14.3. The van der Waals surface area contributed by atoms with Gasteiger partial charge in [-0.15, -0.1) is 0 Å². The molecule has 1 saturated heterocycles. The highest BCUT2D eigenvalue weighted by Gasteiger charge is 2.52. The summed E-state index contributed by atoms with van der Waals surface area (Å²) >= 11 is 0. The van der Waals surface area contributed by atoms with E-state index in [1.807, 2.05) is 0 Å². The number of pyridine rings is 1. The largest absolute Gasteiger partial charge is 0.338 e. The molecule has 3 aliphatic rings. The third-order valence-corrected chi connectivity index (χ3v) is 10.9. The van der Waals surface area contributed by atoms with Gasteiger partial charge in [0.25, 0.3) is 5.91 Å². The van der Waals surface area contributed by atoms with Crippen molar-refractivity contribution >= 4 is 16.9 Å². The molecule has 3 fully saturated rings. The number of piperidine rings is 1. The Kier molecular flexibility index (Phi) is 6.88. The van der Waals surface area contributed by atoms with Crippen molar-refractivity contribution in [2.75, 3.05) is 13.1 Å². The second-order valence-corrected chi connectivity index (χ2v) is 13.1. The zero-order valence-corrected chi connectivity index (χ0v) is 24.4. The summed E-state index contributed by atoms with van der Waals surface area (Å²) < 4.78 is 16.7. The molecule has 2 bridgehead atoms. The number of imidazole rings is 1. The maximum atomic E-state index is 14.3. The van der Waals surface area contributed by atoms with Crippen LogP contribution in [0.1, 0.15) is 79.2 Å². The molecule has 1 aliphatic heterocycles. The summed E-state index contributed by atoms with van der Waals surface area (Å²) in [4.78, 5) is 23.5. The fraction of sp³-hybridized carbons (Fsp3) is 0.457. The molecular formula is C35H40FN5O. The minimum Gasteiger partial charge on any atom is -0.338 e. The molecule has 218 valence electrons. The van der Waals surface area contributed by atoms with Gasteiger partial charge in [-0.1, -0.05) is 42.5 Å². The quantitative estimate of drug-likeness (QED) is 0.268. The van der Waals surface area contributed by atoms with Crippen LogP contribution in [0.4, 0.5) is 4.39 Å². The standard InChI is InChI=1S/C35H40FN5O/c1-24-39-30-11-5-6-12-31(30)41(24)27-22-25-13-16-35(37,23-27)29(25)14-15-34(26-8-3-2-4-9-26)17-20-40(21-18-34)33(42)28-10-7-19-38-32(28)36/h2-12,19,25,27,29H,13-18,20-23,37H2,1H3/t25?,27?,29?,35-/m0/s1. The van der Waals surface area contributed by atoms with Gasteiger partial charge in [-0.05, 0) is 105 Å². The van der Waals surface area contributed by atoms with E-state index in [1.165, 1.54) is 29.8 Å². The van der Waals surface area contributed by atoms with Crippen LogP contribution < -0.4 is 5.73 Å². The number of para-hydroxylation sites is 2. The van der Waals surface area contributed by atoms with Gasteiger partial charge >= 0.3 is 0 Å². The fourth-order valence-electron chi connectivity index (χ4n) is 8.82. The monoisotopic (exact) mass is 565 g/mol. The van der Waals surface area contributed by atoms with Gasteiger partial charge in [0.05, 0.1) is 16.6 Å². The Hall–Kier alpha value is -3.58. The SMILES string of the molecule is Cc1nc2ccccc2n1C1CC2CC[C@](N)(C1)C2CCC1(c2ccccc2)CCN(C(=O)c2cccnc2F)CC1. The molecule has 0 radical (unpaired) electrons. The van der Waals surface area contributed by atoms with Crippen molar-refractivity contribution in [3.63, 3.8) is 0 Å². The van der Waals surface area contributed by atoms with E-state index in [4.69, 9.17) is 10.7 Å². The zero-order valence-electron chi connectivity index (χ0n) is 24.4. The first kappa shape index (κ1) is 27.3. The lowest BCUT2D eigenvalue weighted by molar-refractivity contribution is 0.0629. The number of benzene rings is 2. The van der Waals surface area contributed by atoms with E-state index in [0.717, 1.165) is 56.3 Å². The van der Waals surface area contributed by atoms with Gasteiger partial charge in [0, 0.05) is 30.9 Å². The molecular weight excluding hydrogens is 525 g/mol. The molecule has 42 heavy (non-hydrogen) atoms. The third kappa shape index (κ3) is 4.62. The second kappa shape index (κ2) is 10.6. The van der Waals surface area contributed by atoms with Gasteiger partial charge in [-0.25, -0.2) is 9.97 Å². The van der Waals surface area contributed by atoms with Gasteiger partial charge < -0.3 is 15.2 Å². The van der Waals surface area contributed by atoms with Crippen LogP contribution in [0.25, 0.3) is 11.0 Å². The number of rotatable bonds is 6. The molecule has 1 amide bonds. The molecule has 4 atom stereocenters. The molecule has 2 saturated carbocycles. The predicted octanol–water partition coefficient (Wildman–Crippen LogP) is 6.59. The summed E-state index contributed by atoms with van der Waals surface area (Å²) in [6, 6.07) is 22.8. The van der Waals surface area contributed by atoms with E-state index in [-0.39, 0.29) is 22.4 Å². The first-order valence-electron chi connectivity index (χ1n) is 15.5. The molecule has 0 spiro atoms. The average Bonchev–Trinajstić information content (AvgIpc) is 3.44. The van der Waals surface area contributed by atoms with Crippen molar-refractivity contribution in [3.05, 3.63) is 95.8 Å². The van der Waals surface area contributed by atoms with E-state index in [2.05, 4.69) is 71.1 Å². The molecule has 2 aromatic carbocycles. The van der Waals surface area contributed by atoms with Crippen molar-refractivity contribution in [1.29, 1.82) is 0 Å². The number of carbonyl (C=O) groups excluding carboxylic acids is 1. The number of nitrogens with two attached hydrogens (primary N) is 1. The van der Waals surface area contributed by atoms with E-state index in [1.54, 1.807) is 11.0 Å². The van der Waals surface area contributed by atoms with Crippen LogP contribution in [0.15, 0.2) is 72.9 Å². The molecule has 7 rings (SSSR count). The number of hydrogen-bond donors (Lipinski definition) is 1. The molecule has 2 N–H and O–H groups in total. The predicted molar refractivity (Wildman–Crippen MR) is 163 cm³/mol. The minimum absolute atomic E-state index is 0.0185. The minimum atomic E-state index is -0.694. The first-order chi connectivity index (χ1) is 20.4. The van der Waals surface area contributed by atoms with Crippen LogP contribution in [-0.2, 0) is 5.41 Å². The second-order valence-electron chi connectivity index (χ2n) is 13.1. The maximum Gasteiger partial charge on any atom is 0.258 e. The average molecular weight is 566 g/mol. The number of hydrogen-bond acceptors (Lipinski definition) is 4. The number of likely N-dealkylation sites (tertiary alicyclic amines) is 1. The molecule has 7 heteroatoms. The number of amides is 1. The summed E-state index contributed by atoms with van der Waals surface area (Å²) in [6.07, 6.45) is 9.68. The van der Waals surface area contributed by atoms with Crippen LogP contribution in [0.2, 0.25) is 0 Å². The normalized spacial score (nSPS) is 26.9. The highest BCUT2D eigenvalue weighted by molar-refractivity contribution is 5.94. The molecule has 3 heterocycles. The molecule has 4 aromatic rings. The van der Waals surface area contributed by atoms with Gasteiger partial charge in [-0.3, -0.25) is 4.79 Å². The van der Waals surface area contributed by atoms with Gasteiger partial charge in [0.2, 0.25) is 5.95 Å². The zero-order chi connectivity index (χ0) is 28.9. The lowest BCUT2D eigenvalue weighted by Gasteiger charge is -2.47. The summed E-state index contributed by atoms with van der Waals surface area (Å²) in [6.45, 7) is 3.35. The first-order valence-corrected chi connectivity index (χ1v) is 15.5. The van der Waals surface area contributed by atoms with Crippen molar-refractivity contribution in [2.45, 2.75) is 75.3 Å². The van der Waals surface area contributed by atoms with Crippen molar-refractivity contribution < 1.29 is 9.18 Å². The van der Waals surface area contributed by atoms with Gasteiger partial charge in [-0.2, -0.15) is 4.39 Å². The van der Waals surface area contributed by atoms with Crippen LogP contribution in [0.5, 0.6) is 0 Å². The Labute approximate surface area is 247 Å². The Morgan fingerprint density at radius 1 is 1.02 bits per heavy atom. The fourth-order valence-corrected chi connectivity index (χ4v) is 8.82. The van der Waals surface area contributed by atoms with Crippen molar-refractivity contribution in [1.82, 2.24) is 19.4 Å². The van der Waals surface area contributed by atoms with Crippen molar-refractivity contribution in [3.8, 4) is 0 Å². The number of nitrogens with zero attached hydrogens (tertiary/aromatic N) is 4. The molecule has 6 nitrogen and oxygen atoms in total. The van der Waals surface area contributed by atoms with E-state index >= 15 is 0 Å². The number of carbonyl (C=O) groups is 1. The lowest BCUT2D eigenvalue weighted by Crippen LogP contribution is -2.51. The third-order valence-electron chi connectivity index (χ3n) is 10.9. The smallest absolute Gasteiger partial charge is 0.258 e. The number of halogens is 1. The Morgan fingerprint density at radius 2 is 1.79 bits per heavy atom. The van der Waals surface area contributed by atoms with Crippen LogP contribution in [0, 0.1) is 24.7 Å². The highest BCUT2D eigenvalue weighted by Crippen LogP contribution is 2.55. The van der Waals surface area contributed by atoms with Crippen LogP contribution in [0.3, 0.4) is 0 Å². The van der Waals surface area contributed by atoms with Crippen LogP contribution >= 0.6 is 0 Å². The van der Waals surface area contributed by atoms with Crippen molar-refractivity contribution in [2.24, 2.45) is 17.6 Å². The Balaban J connectivity index is 1.09. The summed E-state index contributed by atoms with van der Waals surface area (Å²) in [5, 5.41) is 0. The lowest BCUT2D eigenvalue weighted by atomic mass is 9.64. The summed E-state index contributed by atoms with van der Waals surface area (Å²) in [5.74, 6) is 1.23. The number of aryl methyl sites for hydroxylation is 1. The molecule has 3 unspecified atom stereocenters. The van der Waals surface area contributed by atoms with E-state index < -0.39 is 5.95 Å². The van der Waals surface area contributed by atoms with E-state index in [9.17, 15) is 9.18 Å². The number of aromatic nitrogens is 3. The van der Waals surface area contributed by atoms with Crippen LogP contribution in [-0.4, -0.2) is 44.0 Å². The number of fused-ring (bicyclic) bond motifs is 3. The summed E-state index contributed by atoms with van der Waals surface area (Å²) in [7, 11) is 0. The Morgan fingerprint density at radius 3 is 2.55 bits per heavy atom. The van der Waals surface area contributed by atoms with Gasteiger partial charge in [0.15, 0.2) is 0 Å². The van der Waals surface area contributed by atoms with E-state index in [0.29, 0.717) is 31.0 Å². The Bertz CT molecular complexity index is 1590. The van der Waals surface area contributed by atoms with Gasteiger partial charge in [0.1, 0.15) is 5.82 Å². The summed E-state index contributed by atoms with van der Waals surface area (Å²) in [5.41, 5.74) is 10.8.